The van der Waals surface area contributed by atoms with Crippen molar-refractivity contribution >= 4 is 68.2 Å². The molecule has 0 amide bonds. The van der Waals surface area contributed by atoms with Gasteiger partial charge in [-0.15, -0.1) is 0 Å². The van der Waals surface area contributed by atoms with Crippen LogP contribution >= 0.6 is 0 Å². The summed E-state index contributed by atoms with van der Waals surface area (Å²) in [4.78, 5) is 9.79. The molecule has 0 radical (unpaired) electrons. The van der Waals surface area contributed by atoms with Crippen LogP contribution in [0.25, 0.3) is 122 Å². The molecule has 0 saturated carbocycles. The monoisotopic (exact) mass is 1820 g/mol. The van der Waals surface area contributed by atoms with Crippen LogP contribution < -0.4 is 19.6 Å². The second-order valence-electron chi connectivity index (χ2n) is 37.6. The number of hydrogen-bond donors (Lipinski definition) is 0. The Morgan fingerprint density at radius 1 is 0.135 bits per heavy atom. The van der Waals surface area contributed by atoms with E-state index in [-0.39, 0.29) is 5.41 Å². The van der Waals surface area contributed by atoms with Crippen molar-refractivity contribution in [3.8, 4) is 122 Å². The fourth-order valence-corrected chi connectivity index (χ4v) is 21.6. The van der Waals surface area contributed by atoms with Gasteiger partial charge in [0.25, 0.3) is 0 Å². The quantitative estimate of drug-likeness (QED) is 0.0363. The van der Waals surface area contributed by atoms with Crippen LogP contribution in [-0.4, -0.2) is 0 Å². The Bertz CT molecular complexity index is 6810. The third-order valence-corrected chi connectivity index (χ3v) is 28.7. The first-order valence-electron chi connectivity index (χ1n) is 50.9. The van der Waals surface area contributed by atoms with Crippen LogP contribution in [0.4, 0.5) is 68.2 Å². The zero-order valence-corrected chi connectivity index (χ0v) is 80.7. The second-order valence-corrected chi connectivity index (χ2v) is 37.6. The van der Waals surface area contributed by atoms with Crippen molar-refractivity contribution in [2.75, 3.05) is 19.6 Å². The molecule has 4 heteroatoms. The molecular formula is C137H118N4. The number of nitrogens with zero attached hydrogens (tertiary/aromatic N) is 4. The van der Waals surface area contributed by atoms with Gasteiger partial charge in [-0.3, -0.25) is 0 Å². The smallest absolute Gasteiger partial charge is 0.0465 e. The molecule has 0 aromatic heterocycles. The molecule has 141 heavy (non-hydrogen) atoms. The Hall–Kier alpha value is -16.4. The Kier molecular flexibility index (Phi) is 27.8. The zero-order valence-electron chi connectivity index (χ0n) is 80.7. The fourth-order valence-electron chi connectivity index (χ4n) is 21.6. The average Bonchev–Trinajstić information content (AvgIpc) is 1.55. The van der Waals surface area contributed by atoms with E-state index in [0.29, 0.717) is 0 Å². The number of benzene rings is 20. The van der Waals surface area contributed by atoms with Crippen molar-refractivity contribution in [1.29, 1.82) is 0 Å². The molecule has 0 saturated heterocycles. The molecule has 686 valence electrons. The van der Waals surface area contributed by atoms with Gasteiger partial charge < -0.3 is 19.6 Å². The molecule has 1 aliphatic carbocycles. The average molecular weight is 1820 g/mol. The topological polar surface area (TPSA) is 13.0 Å². The highest BCUT2D eigenvalue weighted by Crippen LogP contribution is 2.58. The third kappa shape index (κ3) is 19.8. The van der Waals surface area contributed by atoms with E-state index in [4.69, 9.17) is 0 Å². The minimum absolute atomic E-state index is 0.249. The van der Waals surface area contributed by atoms with Crippen LogP contribution in [-0.2, 0) is 5.41 Å². The Morgan fingerprint density at radius 2 is 0.298 bits per heavy atom. The predicted octanol–water partition coefficient (Wildman–Crippen LogP) is 40.0. The molecule has 0 N–H and O–H groups in total. The van der Waals surface area contributed by atoms with E-state index < -0.39 is 0 Å². The lowest BCUT2D eigenvalue weighted by Crippen LogP contribution is -2.26. The third-order valence-electron chi connectivity index (χ3n) is 28.7. The van der Waals surface area contributed by atoms with E-state index in [1.165, 1.54) is 187 Å². The molecule has 21 rings (SSSR count). The molecule has 20 aromatic carbocycles. The van der Waals surface area contributed by atoms with Crippen molar-refractivity contribution in [3.63, 3.8) is 0 Å². The second kappa shape index (κ2) is 43.1. The van der Waals surface area contributed by atoms with Crippen molar-refractivity contribution in [3.05, 3.63) is 521 Å². The van der Waals surface area contributed by atoms with Gasteiger partial charge >= 0.3 is 0 Å². The zero-order chi connectivity index (χ0) is 94.9. The fraction of sp³-hybridized carbons (Fsp3) is 0.124. The molecule has 0 heterocycles. The van der Waals surface area contributed by atoms with E-state index in [1.807, 2.05) is 0 Å². The van der Waals surface area contributed by atoms with Crippen LogP contribution in [0.15, 0.2) is 510 Å². The first-order valence-corrected chi connectivity index (χ1v) is 50.9. The van der Waals surface area contributed by atoms with Crippen molar-refractivity contribution in [1.82, 2.24) is 0 Å². The van der Waals surface area contributed by atoms with Gasteiger partial charge in [-0.05, 0) is 292 Å². The highest BCUT2D eigenvalue weighted by atomic mass is 15.2. The van der Waals surface area contributed by atoms with Crippen molar-refractivity contribution < 1.29 is 0 Å². The van der Waals surface area contributed by atoms with Crippen LogP contribution in [0.5, 0.6) is 0 Å². The first-order chi connectivity index (χ1) is 69.9. The lowest BCUT2D eigenvalue weighted by atomic mass is 9.70. The van der Waals surface area contributed by atoms with Gasteiger partial charge in [0.15, 0.2) is 0 Å². The summed E-state index contributed by atoms with van der Waals surface area (Å²) >= 11 is 0. The van der Waals surface area contributed by atoms with E-state index >= 15 is 0 Å². The molecule has 0 fully saturated rings. The normalized spacial score (nSPS) is 11.8. The van der Waals surface area contributed by atoms with Gasteiger partial charge in [-0.2, -0.15) is 0 Å². The molecule has 0 atom stereocenters. The van der Waals surface area contributed by atoms with Gasteiger partial charge in [-0.25, -0.2) is 0 Å². The highest BCUT2D eigenvalue weighted by molar-refractivity contribution is 5.94. The van der Waals surface area contributed by atoms with Gasteiger partial charge in [-0.1, -0.05) is 455 Å². The molecule has 0 bridgehead atoms. The number of rotatable bonds is 36. The summed E-state index contributed by atoms with van der Waals surface area (Å²) in [6.45, 7) is 4.67. The number of hydrogen-bond acceptors (Lipinski definition) is 4. The largest absolute Gasteiger partial charge is 0.311 e. The van der Waals surface area contributed by atoms with E-state index in [1.54, 1.807) is 0 Å². The molecular weight excluding hydrogens is 1700 g/mol. The summed E-state index contributed by atoms with van der Waals surface area (Å²) < 4.78 is 0. The first kappa shape index (κ1) is 91.0. The summed E-state index contributed by atoms with van der Waals surface area (Å²) in [5, 5.41) is 0. The minimum Gasteiger partial charge on any atom is -0.311 e. The van der Waals surface area contributed by atoms with Crippen LogP contribution in [0, 0.1) is 0 Å². The van der Waals surface area contributed by atoms with Crippen molar-refractivity contribution in [2.45, 2.75) is 109 Å². The lowest BCUT2D eigenvalue weighted by molar-refractivity contribution is 0.398. The number of anilines is 12. The SMILES string of the molecule is CCCCCCCCC1(CCCCCCCC)c2cc(N(c3ccccc3)c3ccc(-c4ccc(N(c5ccc(-c6ccccc6-c6ccccc6)cc5)c5ccc(-c6ccccc6-c6ccccc6)cc5)cc4)cc3)ccc2-c2ccc(N(c3ccccc3)c3ccc(-c4ccc(N(c5ccc(-c6ccccc6-c6ccccc6)cc5)c5ccc(-c6ccccc6-c6ccccc6)cc5)cc4)cc3)cc21. The molecule has 4 nitrogen and oxygen atoms in total. The van der Waals surface area contributed by atoms with Gasteiger partial charge in [0.1, 0.15) is 0 Å². The standard InChI is InChI=1S/C137H118N4/c1-3-5-7-9-11-39-97-137(98-40-12-10-8-6-4-2)135-99-123(140(113-49-27-17-28-50-113)121-81-65-103(66-82-121)101-61-77-115(78-62-101)138(117-85-69-109(70-86-117)129-57-35-31-53-125(129)105-41-19-13-20-42-105)118-87-71-110(72-88-118)130-58-36-32-54-126(130)106-43-21-14-22-44-106)93-95-133(135)134-96-94-124(100-136(134)137)141(114-51-29-18-30-52-114)122-83-67-104(68-84-122)102-63-79-116(80-64-102)139(119-89-73-111(74-90-119)131-59-37-33-55-127(131)107-45-23-15-24-46-107)120-91-75-112(76-92-120)132-60-38-34-56-128(132)108-47-25-16-26-48-108/h13-38,41-96,99-100H,3-12,39-40,97-98H2,1-2H3. The van der Waals surface area contributed by atoms with Gasteiger partial charge in [0.2, 0.25) is 0 Å². The molecule has 0 unspecified atom stereocenters. The molecule has 0 aliphatic heterocycles. The maximum atomic E-state index is 2.62. The Labute approximate surface area is 834 Å². The predicted molar refractivity (Wildman–Crippen MR) is 602 cm³/mol. The Morgan fingerprint density at radius 3 is 0.518 bits per heavy atom. The maximum absolute atomic E-state index is 2.62. The van der Waals surface area contributed by atoms with Crippen LogP contribution in [0.3, 0.4) is 0 Å². The summed E-state index contributed by atoms with van der Waals surface area (Å²) in [5.41, 5.74) is 42.4. The number of unbranched alkanes of at least 4 members (excludes halogenated alkanes) is 10. The van der Waals surface area contributed by atoms with Crippen LogP contribution in [0.1, 0.15) is 115 Å². The molecule has 0 spiro atoms. The van der Waals surface area contributed by atoms with Gasteiger partial charge in [0, 0.05) is 73.7 Å². The van der Waals surface area contributed by atoms with E-state index in [2.05, 4.69) is 543 Å². The van der Waals surface area contributed by atoms with Gasteiger partial charge in [0.05, 0.1) is 0 Å². The van der Waals surface area contributed by atoms with E-state index in [0.717, 1.165) is 105 Å². The van der Waals surface area contributed by atoms with Crippen molar-refractivity contribution in [2.24, 2.45) is 0 Å². The molecule has 1 aliphatic rings. The lowest BCUT2D eigenvalue weighted by Gasteiger charge is -2.35. The minimum atomic E-state index is -0.249. The Balaban J connectivity index is 0.599. The highest BCUT2D eigenvalue weighted by Gasteiger charge is 2.44. The number of fused-ring (bicyclic) bond motifs is 3. The number of para-hydroxylation sites is 2. The summed E-state index contributed by atoms with van der Waals surface area (Å²) in [6.07, 6.45) is 17.0. The maximum Gasteiger partial charge on any atom is 0.0465 e. The summed E-state index contributed by atoms with van der Waals surface area (Å²) in [7, 11) is 0. The summed E-state index contributed by atoms with van der Waals surface area (Å²) in [5.74, 6) is 0. The van der Waals surface area contributed by atoms with Crippen LogP contribution in [0.2, 0.25) is 0 Å². The molecule has 20 aromatic rings. The summed E-state index contributed by atoms with van der Waals surface area (Å²) in [6, 6.07) is 188. The van der Waals surface area contributed by atoms with E-state index in [9.17, 15) is 0 Å².